The fourth-order valence-corrected chi connectivity index (χ4v) is 3.06. The smallest absolute Gasteiger partial charge is 0.341 e. The van der Waals surface area contributed by atoms with Crippen LogP contribution < -0.4 is 4.57 Å². The molecule has 1 aromatic heterocycles. The van der Waals surface area contributed by atoms with E-state index in [1.54, 1.807) is 0 Å². The number of carbonyl (C=O) groups is 3. The summed E-state index contributed by atoms with van der Waals surface area (Å²) in [6.07, 6.45) is -2.32. The molecule has 4 N–H and O–H groups in total. The van der Waals surface area contributed by atoms with Crippen LogP contribution in [0.1, 0.15) is 35.8 Å². The van der Waals surface area contributed by atoms with Crippen LogP contribution in [0.2, 0.25) is 0 Å². The number of ether oxygens (including phenoxy) is 2. The van der Waals surface area contributed by atoms with E-state index in [0.717, 1.165) is 0 Å². The summed E-state index contributed by atoms with van der Waals surface area (Å²) in [5.74, 6) is -3.02. The van der Waals surface area contributed by atoms with Crippen molar-refractivity contribution in [1.29, 1.82) is 0 Å². The third kappa shape index (κ3) is 3.26. The molecule has 0 amide bonds. The van der Waals surface area contributed by atoms with E-state index in [2.05, 4.69) is 0 Å². The number of aliphatic carboxylic acids is 1. The molecule has 0 radical (unpaired) electrons. The number of aliphatic hydroxyl groups is 2. The highest BCUT2D eigenvalue weighted by Crippen LogP contribution is 2.53. The summed E-state index contributed by atoms with van der Waals surface area (Å²) < 4.78 is 12.2. The van der Waals surface area contributed by atoms with Crippen molar-refractivity contribution in [2.24, 2.45) is 0 Å². The topological polar surface area (TPSA) is 154 Å². The van der Waals surface area contributed by atoms with Crippen LogP contribution >= 0.6 is 0 Å². The molecule has 0 bridgehead atoms. The summed E-state index contributed by atoms with van der Waals surface area (Å²) in [5, 5.41) is 38.2. The quantitative estimate of drug-likeness (QED) is 0.359. The maximum absolute atomic E-state index is 11.6. The lowest BCUT2D eigenvalue weighted by atomic mass is 10.1. The van der Waals surface area contributed by atoms with E-state index in [-0.39, 0.29) is 24.8 Å². The second-order valence-electron chi connectivity index (χ2n) is 6.32. The van der Waals surface area contributed by atoms with E-state index >= 15 is 0 Å². The first-order chi connectivity index (χ1) is 12.2. The number of pyridine rings is 1. The zero-order chi connectivity index (χ0) is 19.1. The normalized spacial score (nSPS) is 32.4. The van der Waals surface area contributed by atoms with Crippen molar-refractivity contribution in [1.82, 2.24) is 0 Å². The first-order valence-corrected chi connectivity index (χ1v) is 7.94. The summed E-state index contributed by atoms with van der Waals surface area (Å²) >= 11 is 0. The molecular weight excluding hydrogens is 350 g/mol. The van der Waals surface area contributed by atoms with Crippen molar-refractivity contribution in [3.05, 3.63) is 30.1 Å². The number of aromatic carboxylic acids is 1. The predicted octanol–water partition coefficient (Wildman–Crippen LogP) is -1.16. The molecule has 1 spiro atoms. The summed E-state index contributed by atoms with van der Waals surface area (Å²) in [6.45, 7) is 0. The number of hydrogen-bond donors (Lipinski definition) is 4. The van der Waals surface area contributed by atoms with Gasteiger partial charge < -0.3 is 29.9 Å². The minimum absolute atomic E-state index is 0.0221. The lowest BCUT2D eigenvalue weighted by molar-refractivity contribution is -0.766. The zero-order valence-electron chi connectivity index (χ0n) is 13.5. The molecule has 1 aromatic rings. The fraction of sp³-hybridized carbons (Fsp3) is 0.500. The number of esters is 1. The molecule has 10 heteroatoms. The lowest BCUT2D eigenvalue weighted by Gasteiger charge is -2.13. The van der Waals surface area contributed by atoms with E-state index < -0.39 is 48.0 Å². The number of aliphatic hydroxyl groups excluding tert-OH is 2. The van der Waals surface area contributed by atoms with Gasteiger partial charge in [0, 0.05) is 12.5 Å². The van der Waals surface area contributed by atoms with Crippen LogP contribution in [0.5, 0.6) is 0 Å². The van der Waals surface area contributed by atoms with Crippen LogP contribution in [-0.2, 0) is 19.1 Å². The van der Waals surface area contributed by atoms with Crippen molar-refractivity contribution in [3.8, 4) is 0 Å². The molecule has 10 nitrogen and oxygen atoms in total. The van der Waals surface area contributed by atoms with E-state index in [1.165, 1.54) is 29.1 Å². The van der Waals surface area contributed by atoms with Gasteiger partial charge in [0.2, 0.25) is 0 Å². The Morgan fingerprint density at radius 2 is 2.00 bits per heavy atom. The summed E-state index contributed by atoms with van der Waals surface area (Å²) in [6, 6.07) is 2.84. The van der Waals surface area contributed by atoms with Crippen LogP contribution in [0, 0.1) is 0 Å². The van der Waals surface area contributed by atoms with Crippen molar-refractivity contribution in [3.63, 3.8) is 0 Å². The third-order valence-electron chi connectivity index (χ3n) is 4.53. The number of hydrogen-bond acceptors (Lipinski definition) is 7. The Bertz CT molecular complexity index is 751. The average molecular weight is 368 g/mol. The summed E-state index contributed by atoms with van der Waals surface area (Å²) in [4.78, 5) is 33.2. The van der Waals surface area contributed by atoms with Crippen molar-refractivity contribution in [2.75, 3.05) is 0 Å². The molecule has 2 aliphatic rings. The molecule has 0 aromatic carbocycles. The van der Waals surface area contributed by atoms with E-state index in [4.69, 9.17) is 19.7 Å². The molecule has 3 rings (SSSR count). The Morgan fingerprint density at radius 1 is 1.27 bits per heavy atom. The molecule has 1 aliphatic heterocycles. The lowest BCUT2D eigenvalue weighted by Crippen LogP contribution is -2.46. The van der Waals surface area contributed by atoms with Crippen LogP contribution in [0.15, 0.2) is 24.5 Å². The molecular formula is C16H18NO9+. The van der Waals surface area contributed by atoms with Crippen molar-refractivity contribution < 1.29 is 48.9 Å². The fourth-order valence-electron chi connectivity index (χ4n) is 3.06. The minimum atomic E-state index is -1.35. The second kappa shape index (κ2) is 6.63. The molecule has 2 unspecified atom stereocenters. The Morgan fingerprint density at radius 3 is 2.65 bits per heavy atom. The van der Waals surface area contributed by atoms with Gasteiger partial charge in [-0.05, 0) is 6.07 Å². The van der Waals surface area contributed by atoms with Gasteiger partial charge in [-0.15, -0.1) is 0 Å². The van der Waals surface area contributed by atoms with Gasteiger partial charge in [-0.2, -0.15) is 4.57 Å². The zero-order valence-corrected chi connectivity index (χ0v) is 13.5. The van der Waals surface area contributed by atoms with Crippen LogP contribution in [0.3, 0.4) is 0 Å². The molecule has 26 heavy (non-hydrogen) atoms. The first kappa shape index (κ1) is 18.2. The highest BCUT2D eigenvalue weighted by Gasteiger charge is 2.73. The standard InChI is InChI=1S/C16H17NO9/c18-10(19)3-4-11(20)25-9-6-16(9)13(22)12(21)14(26-16)17-5-1-2-8(7-17)15(23)24/h1-2,5,7,9,12-14,21-22H,3-4,6H2,(H-,18,19,23,24)/p+1/t9?,12-,13+,14-,16?/m1/s1. The molecule has 1 aliphatic carbocycles. The van der Waals surface area contributed by atoms with Gasteiger partial charge in [0.05, 0.1) is 12.8 Å². The van der Waals surface area contributed by atoms with Gasteiger partial charge in [0.1, 0.15) is 23.4 Å². The van der Waals surface area contributed by atoms with Gasteiger partial charge in [-0.25, -0.2) is 4.79 Å². The van der Waals surface area contributed by atoms with Crippen LogP contribution in [-0.4, -0.2) is 62.2 Å². The number of aromatic nitrogens is 1. The molecule has 5 atom stereocenters. The van der Waals surface area contributed by atoms with E-state index in [1.807, 2.05) is 0 Å². The SMILES string of the molecule is O=C(O)CCC(=O)OC1CC12O[C@@H]([n+]1cccc(C(=O)O)c1)[C@H](O)[C@@H]2O. The summed E-state index contributed by atoms with van der Waals surface area (Å²) in [5.41, 5.74) is -1.30. The second-order valence-corrected chi connectivity index (χ2v) is 6.32. The number of carbonyl (C=O) groups excluding carboxylic acids is 1. The summed E-state index contributed by atoms with van der Waals surface area (Å²) in [7, 11) is 0. The van der Waals surface area contributed by atoms with Crippen molar-refractivity contribution in [2.45, 2.75) is 49.4 Å². The number of carboxylic acids is 2. The Balaban J connectivity index is 1.69. The molecule has 1 saturated heterocycles. The van der Waals surface area contributed by atoms with Gasteiger partial charge in [0.15, 0.2) is 18.5 Å². The maximum atomic E-state index is 11.6. The van der Waals surface area contributed by atoms with E-state index in [0.29, 0.717) is 0 Å². The monoisotopic (exact) mass is 368 g/mol. The largest absolute Gasteiger partial charge is 0.481 e. The Hall–Kier alpha value is -2.56. The van der Waals surface area contributed by atoms with Gasteiger partial charge in [-0.3, -0.25) is 9.59 Å². The van der Waals surface area contributed by atoms with Gasteiger partial charge >= 0.3 is 17.9 Å². The first-order valence-electron chi connectivity index (χ1n) is 7.94. The number of nitrogens with zero attached hydrogens (tertiary/aromatic N) is 1. The molecule has 140 valence electrons. The number of carboxylic acid groups (broad SMARTS) is 2. The minimum Gasteiger partial charge on any atom is -0.481 e. The average Bonchev–Trinajstić information content (AvgIpc) is 3.23. The van der Waals surface area contributed by atoms with E-state index in [9.17, 15) is 24.6 Å². The third-order valence-corrected chi connectivity index (χ3v) is 4.53. The van der Waals surface area contributed by atoms with Gasteiger partial charge in [-0.1, -0.05) is 0 Å². The molecule has 2 fully saturated rings. The van der Waals surface area contributed by atoms with Gasteiger partial charge in [0.25, 0.3) is 6.23 Å². The highest BCUT2D eigenvalue weighted by atomic mass is 16.6. The molecule has 1 saturated carbocycles. The molecule has 2 heterocycles. The number of rotatable bonds is 6. The van der Waals surface area contributed by atoms with Crippen LogP contribution in [0.25, 0.3) is 0 Å². The van der Waals surface area contributed by atoms with Crippen LogP contribution in [0.4, 0.5) is 0 Å². The maximum Gasteiger partial charge on any atom is 0.341 e. The highest BCUT2D eigenvalue weighted by molar-refractivity contribution is 5.86. The predicted molar refractivity (Wildman–Crippen MR) is 79.8 cm³/mol. The Labute approximate surface area is 147 Å². The Kier molecular flexibility index (Phi) is 4.65. The van der Waals surface area contributed by atoms with Crippen molar-refractivity contribution >= 4 is 17.9 Å².